The molecular formula is C56H37NO. The summed E-state index contributed by atoms with van der Waals surface area (Å²) in [5.74, 6) is 0. The number of benzene rings is 10. The van der Waals surface area contributed by atoms with Crippen molar-refractivity contribution < 1.29 is 4.42 Å². The highest BCUT2D eigenvalue weighted by Crippen LogP contribution is 2.43. The predicted octanol–water partition coefficient (Wildman–Crippen LogP) is 16.0. The van der Waals surface area contributed by atoms with Crippen molar-refractivity contribution in [3.63, 3.8) is 0 Å². The minimum atomic E-state index is 0.892. The summed E-state index contributed by atoms with van der Waals surface area (Å²) in [6.07, 6.45) is 0. The molecule has 0 unspecified atom stereocenters. The highest BCUT2D eigenvalue weighted by molar-refractivity contribution is 6.19. The van der Waals surface area contributed by atoms with Crippen molar-refractivity contribution in [3.8, 4) is 44.5 Å². The van der Waals surface area contributed by atoms with E-state index in [4.69, 9.17) is 4.42 Å². The standard InChI is InChI=1S/C56H37NO/c1-2-11-38(12-3-1)40-27-32-46(33-28-40)57(47-34-29-41(30-35-47)39-23-25-44(26-24-39)50-20-9-15-42-13-4-6-18-49(42)50)48-17-8-16-45(37-48)51-21-10-22-54-55(51)53-36-31-43-14-5-7-19-52(43)56(53)58-54/h1-37H. The molecule has 58 heavy (non-hydrogen) atoms. The van der Waals surface area contributed by atoms with E-state index in [1.165, 1.54) is 49.5 Å². The first kappa shape index (κ1) is 33.6. The van der Waals surface area contributed by atoms with Gasteiger partial charge in [-0.3, -0.25) is 0 Å². The molecule has 0 fully saturated rings. The molecule has 1 heterocycles. The molecule has 0 atom stereocenters. The molecule has 11 aromatic rings. The van der Waals surface area contributed by atoms with Crippen molar-refractivity contribution >= 4 is 60.5 Å². The molecule has 0 bridgehead atoms. The van der Waals surface area contributed by atoms with Crippen LogP contribution in [0.3, 0.4) is 0 Å². The third-order valence-electron chi connectivity index (χ3n) is 11.5. The lowest BCUT2D eigenvalue weighted by atomic mass is 9.96. The molecule has 0 aliphatic heterocycles. The first-order valence-corrected chi connectivity index (χ1v) is 19.8. The van der Waals surface area contributed by atoms with Crippen LogP contribution in [0.1, 0.15) is 0 Å². The largest absolute Gasteiger partial charge is 0.455 e. The number of hydrogen-bond acceptors (Lipinski definition) is 2. The summed E-state index contributed by atoms with van der Waals surface area (Å²) in [5.41, 5.74) is 14.6. The second kappa shape index (κ2) is 14.1. The zero-order valence-corrected chi connectivity index (χ0v) is 31.7. The fourth-order valence-electron chi connectivity index (χ4n) is 8.61. The summed E-state index contributed by atoms with van der Waals surface area (Å²) in [5, 5.41) is 7.09. The monoisotopic (exact) mass is 739 g/mol. The zero-order chi connectivity index (χ0) is 38.4. The van der Waals surface area contributed by atoms with E-state index in [2.05, 4.69) is 229 Å². The van der Waals surface area contributed by atoms with Gasteiger partial charge in [0.15, 0.2) is 0 Å². The van der Waals surface area contributed by atoms with Crippen molar-refractivity contribution in [1.82, 2.24) is 0 Å². The van der Waals surface area contributed by atoms with Crippen molar-refractivity contribution in [1.29, 1.82) is 0 Å². The Morgan fingerprint density at radius 2 is 0.810 bits per heavy atom. The Morgan fingerprint density at radius 1 is 0.293 bits per heavy atom. The maximum Gasteiger partial charge on any atom is 0.143 e. The fourth-order valence-corrected chi connectivity index (χ4v) is 8.61. The minimum Gasteiger partial charge on any atom is -0.455 e. The van der Waals surface area contributed by atoms with E-state index in [1.807, 2.05) is 0 Å². The first-order chi connectivity index (χ1) is 28.7. The molecule has 272 valence electrons. The van der Waals surface area contributed by atoms with Gasteiger partial charge in [-0.05, 0) is 109 Å². The van der Waals surface area contributed by atoms with E-state index < -0.39 is 0 Å². The van der Waals surface area contributed by atoms with Crippen molar-refractivity contribution in [2.45, 2.75) is 0 Å². The molecule has 0 saturated heterocycles. The van der Waals surface area contributed by atoms with Crippen LogP contribution in [-0.4, -0.2) is 0 Å². The average Bonchev–Trinajstić information content (AvgIpc) is 3.70. The van der Waals surface area contributed by atoms with Crippen molar-refractivity contribution in [3.05, 3.63) is 224 Å². The summed E-state index contributed by atoms with van der Waals surface area (Å²) in [7, 11) is 0. The van der Waals surface area contributed by atoms with Gasteiger partial charge in [0.25, 0.3) is 0 Å². The molecule has 0 aliphatic rings. The van der Waals surface area contributed by atoms with Crippen LogP contribution in [0.5, 0.6) is 0 Å². The second-order valence-electron chi connectivity index (χ2n) is 14.9. The molecule has 0 radical (unpaired) electrons. The average molecular weight is 740 g/mol. The molecule has 0 N–H and O–H groups in total. The SMILES string of the molecule is c1ccc(-c2ccc(N(c3ccc(-c4ccc(-c5cccc6ccccc56)cc4)cc3)c3cccc(-c4cccc5oc6c7ccccc7ccc6c45)c3)cc2)cc1. The van der Waals surface area contributed by atoms with Gasteiger partial charge in [0.2, 0.25) is 0 Å². The molecule has 1 aromatic heterocycles. The highest BCUT2D eigenvalue weighted by atomic mass is 16.3. The highest BCUT2D eigenvalue weighted by Gasteiger charge is 2.18. The topological polar surface area (TPSA) is 16.4 Å². The maximum absolute atomic E-state index is 6.58. The Balaban J connectivity index is 0.988. The summed E-state index contributed by atoms with van der Waals surface area (Å²) >= 11 is 0. The van der Waals surface area contributed by atoms with E-state index in [9.17, 15) is 0 Å². The Bertz CT molecular complexity index is 3250. The number of hydrogen-bond donors (Lipinski definition) is 0. The fraction of sp³-hybridized carbons (Fsp3) is 0. The third kappa shape index (κ3) is 5.91. The van der Waals surface area contributed by atoms with Crippen LogP contribution >= 0.6 is 0 Å². The van der Waals surface area contributed by atoms with Gasteiger partial charge in [0, 0.05) is 33.2 Å². The zero-order valence-electron chi connectivity index (χ0n) is 31.7. The quantitative estimate of drug-likeness (QED) is 0.162. The number of furan rings is 1. The third-order valence-corrected chi connectivity index (χ3v) is 11.5. The van der Waals surface area contributed by atoms with Crippen molar-refractivity contribution in [2.24, 2.45) is 0 Å². The summed E-state index contributed by atoms with van der Waals surface area (Å²) < 4.78 is 6.58. The Morgan fingerprint density at radius 3 is 1.53 bits per heavy atom. The normalized spacial score (nSPS) is 11.4. The Hall–Kier alpha value is -7.68. The number of fused-ring (bicyclic) bond motifs is 6. The molecule has 0 saturated carbocycles. The van der Waals surface area contributed by atoms with Crippen LogP contribution in [0.15, 0.2) is 229 Å². The number of nitrogens with zero attached hydrogens (tertiary/aromatic N) is 1. The second-order valence-corrected chi connectivity index (χ2v) is 14.9. The molecule has 0 amide bonds. The molecule has 0 aliphatic carbocycles. The van der Waals surface area contributed by atoms with Gasteiger partial charge in [-0.25, -0.2) is 0 Å². The van der Waals surface area contributed by atoms with Gasteiger partial charge in [0.05, 0.1) is 0 Å². The van der Waals surface area contributed by atoms with Gasteiger partial charge in [0.1, 0.15) is 11.2 Å². The predicted molar refractivity (Wildman–Crippen MR) is 245 cm³/mol. The lowest BCUT2D eigenvalue weighted by Gasteiger charge is -2.26. The maximum atomic E-state index is 6.58. The molecule has 0 spiro atoms. The Kier molecular flexibility index (Phi) is 8.19. The number of anilines is 3. The molecular weight excluding hydrogens is 703 g/mol. The van der Waals surface area contributed by atoms with E-state index in [-0.39, 0.29) is 0 Å². The van der Waals surface area contributed by atoms with Crippen molar-refractivity contribution in [2.75, 3.05) is 4.90 Å². The van der Waals surface area contributed by atoms with E-state index >= 15 is 0 Å². The van der Waals surface area contributed by atoms with E-state index in [1.54, 1.807) is 0 Å². The van der Waals surface area contributed by atoms with E-state index in [0.717, 1.165) is 55.5 Å². The van der Waals surface area contributed by atoms with E-state index in [0.29, 0.717) is 0 Å². The van der Waals surface area contributed by atoms with Crippen LogP contribution < -0.4 is 4.90 Å². The summed E-state index contributed by atoms with van der Waals surface area (Å²) in [6, 6.07) is 80.6. The Labute approximate surface area is 337 Å². The van der Waals surface area contributed by atoms with Crippen LogP contribution in [0.2, 0.25) is 0 Å². The van der Waals surface area contributed by atoms with Crippen LogP contribution in [-0.2, 0) is 0 Å². The minimum absolute atomic E-state index is 0.892. The molecule has 10 aromatic carbocycles. The molecule has 11 rings (SSSR count). The number of rotatable bonds is 7. The van der Waals surface area contributed by atoms with Gasteiger partial charge in [-0.15, -0.1) is 0 Å². The van der Waals surface area contributed by atoms with Gasteiger partial charge in [-0.1, -0.05) is 176 Å². The first-order valence-electron chi connectivity index (χ1n) is 19.8. The molecule has 2 nitrogen and oxygen atoms in total. The van der Waals surface area contributed by atoms with Crippen LogP contribution in [0, 0.1) is 0 Å². The summed E-state index contributed by atoms with van der Waals surface area (Å²) in [6.45, 7) is 0. The lowest BCUT2D eigenvalue weighted by Crippen LogP contribution is -2.10. The summed E-state index contributed by atoms with van der Waals surface area (Å²) in [4.78, 5) is 2.35. The lowest BCUT2D eigenvalue weighted by molar-refractivity contribution is 0.673. The van der Waals surface area contributed by atoms with Gasteiger partial charge < -0.3 is 9.32 Å². The van der Waals surface area contributed by atoms with Gasteiger partial charge in [-0.2, -0.15) is 0 Å². The smallest absolute Gasteiger partial charge is 0.143 e. The molecule has 2 heteroatoms. The van der Waals surface area contributed by atoms with Crippen LogP contribution in [0.4, 0.5) is 17.1 Å². The van der Waals surface area contributed by atoms with Crippen LogP contribution in [0.25, 0.3) is 88.0 Å². The van der Waals surface area contributed by atoms with Gasteiger partial charge >= 0.3 is 0 Å².